The Kier molecular flexibility index (Phi) is 9.33. The predicted molar refractivity (Wildman–Crippen MR) is 159 cm³/mol. The number of carboxylic acid groups (broad SMARTS) is 1. The Morgan fingerprint density at radius 2 is 1.45 bits per heavy atom. The van der Waals surface area contributed by atoms with Crippen molar-refractivity contribution < 1.29 is 37.0 Å². The molecule has 9 heteroatoms. The average Bonchev–Trinajstić information content (AvgIpc) is 3.39. The molecule has 0 atom stereocenters. The van der Waals surface area contributed by atoms with Crippen molar-refractivity contribution in [3.8, 4) is 34.1 Å². The van der Waals surface area contributed by atoms with Crippen molar-refractivity contribution in [3.63, 3.8) is 0 Å². The average molecular weight is 602 g/mol. The molecule has 0 radical (unpaired) electrons. The number of aromatic nitrogens is 1. The smallest absolute Gasteiger partial charge is 0.416 e. The first-order chi connectivity index (χ1) is 21.2. The largest absolute Gasteiger partial charge is 0.493 e. The van der Waals surface area contributed by atoms with Crippen molar-refractivity contribution in [2.45, 2.75) is 39.0 Å². The minimum atomic E-state index is -4.44. The SMILES string of the molecule is Cc1oc(-c2ccc(-c3ccccc3)cc2)nc1CCOc1ccc(CCC(=O)O)c(COc2ccc(C(F)(F)F)cc2)c1. The Bertz CT molecular complexity index is 1700. The second-order valence-corrected chi connectivity index (χ2v) is 10.2. The van der Waals surface area contributed by atoms with E-state index in [-0.39, 0.29) is 25.2 Å². The summed E-state index contributed by atoms with van der Waals surface area (Å²) in [6.45, 7) is 2.21. The van der Waals surface area contributed by atoms with Crippen molar-refractivity contribution in [3.05, 3.63) is 125 Å². The van der Waals surface area contributed by atoms with Crippen LogP contribution in [0.25, 0.3) is 22.6 Å². The quantitative estimate of drug-likeness (QED) is 0.154. The third kappa shape index (κ3) is 7.86. The predicted octanol–water partition coefficient (Wildman–Crippen LogP) is 8.55. The molecule has 1 heterocycles. The number of hydrogen-bond donors (Lipinski definition) is 1. The zero-order chi connectivity index (χ0) is 31.1. The number of carbonyl (C=O) groups is 1. The minimum absolute atomic E-state index is 0.0341. The first-order valence-electron chi connectivity index (χ1n) is 14.0. The number of ether oxygens (including phenoxy) is 2. The van der Waals surface area contributed by atoms with Crippen LogP contribution in [0, 0.1) is 6.92 Å². The Morgan fingerprint density at radius 1 is 0.795 bits per heavy atom. The van der Waals surface area contributed by atoms with Crippen LogP contribution < -0.4 is 9.47 Å². The molecular weight excluding hydrogens is 571 g/mol. The molecule has 6 nitrogen and oxygen atoms in total. The van der Waals surface area contributed by atoms with Crippen LogP contribution >= 0.6 is 0 Å². The van der Waals surface area contributed by atoms with Crippen LogP contribution in [0.2, 0.25) is 0 Å². The molecule has 5 aromatic rings. The number of carboxylic acids is 1. The molecular formula is C35H30F3NO5. The molecule has 0 spiro atoms. The molecule has 0 saturated carbocycles. The number of nitrogens with zero attached hydrogens (tertiary/aromatic N) is 1. The molecule has 0 bridgehead atoms. The van der Waals surface area contributed by atoms with Crippen LogP contribution in [-0.4, -0.2) is 22.7 Å². The van der Waals surface area contributed by atoms with E-state index >= 15 is 0 Å². The lowest BCUT2D eigenvalue weighted by molar-refractivity contribution is -0.138. The summed E-state index contributed by atoms with van der Waals surface area (Å²) in [5.74, 6) is 1.11. The number of hydrogen-bond acceptors (Lipinski definition) is 5. The van der Waals surface area contributed by atoms with Crippen LogP contribution in [0.3, 0.4) is 0 Å². The Hall–Kier alpha value is -5.05. The van der Waals surface area contributed by atoms with Crippen molar-refractivity contribution in [1.29, 1.82) is 0 Å². The van der Waals surface area contributed by atoms with Gasteiger partial charge in [0.1, 0.15) is 23.9 Å². The van der Waals surface area contributed by atoms with Gasteiger partial charge in [-0.15, -0.1) is 0 Å². The molecule has 0 saturated heterocycles. The van der Waals surface area contributed by atoms with E-state index in [1.54, 1.807) is 18.2 Å². The van der Waals surface area contributed by atoms with Crippen LogP contribution in [0.1, 0.15) is 34.6 Å². The molecule has 0 aliphatic carbocycles. The number of rotatable bonds is 12. The second-order valence-electron chi connectivity index (χ2n) is 10.2. The first-order valence-corrected chi connectivity index (χ1v) is 14.0. The molecule has 0 aliphatic rings. The lowest BCUT2D eigenvalue weighted by Crippen LogP contribution is -2.07. The van der Waals surface area contributed by atoms with Gasteiger partial charge in [0.05, 0.1) is 17.9 Å². The van der Waals surface area contributed by atoms with E-state index in [9.17, 15) is 18.0 Å². The van der Waals surface area contributed by atoms with E-state index in [4.69, 9.17) is 19.0 Å². The molecule has 0 unspecified atom stereocenters. The zero-order valence-electron chi connectivity index (χ0n) is 23.9. The van der Waals surface area contributed by atoms with Gasteiger partial charge in [0, 0.05) is 18.4 Å². The zero-order valence-corrected chi connectivity index (χ0v) is 23.9. The van der Waals surface area contributed by atoms with Crippen LogP contribution in [0.15, 0.2) is 101 Å². The van der Waals surface area contributed by atoms with E-state index < -0.39 is 17.7 Å². The lowest BCUT2D eigenvalue weighted by atomic mass is 10.0. The summed E-state index contributed by atoms with van der Waals surface area (Å²) in [5, 5.41) is 9.14. The third-order valence-electron chi connectivity index (χ3n) is 7.10. The first kappa shape index (κ1) is 30.4. The van der Waals surface area contributed by atoms with Gasteiger partial charge in [-0.1, -0.05) is 48.5 Å². The molecule has 44 heavy (non-hydrogen) atoms. The topological polar surface area (TPSA) is 81.8 Å². The monoisotopic (exact) mass is 601 g/mol. The summed E-state index contributed by atoms with van der Waals surface area (Å²) in [4.78, 5) is 15.8. The van der Waals surface area contributed by atoms with E-state index in [0.29, 0.717) is 36.0 Å². The standard InChI is InChI=1S/C35H30F3NO5/c1-23-32(39-34(44-23)27-9-7-25(8-10-27)24-5-3-2-4-6-24)19-20-42-31-15-11-26(12-18-33(40)41)28(21-31)22-43-30-16-13-29(14-17-30)35(36,37)38/h2-11,13-17,21H,12,18-20,22H2,1H3,(H,40,41). The fraction of sp³-hybridized carbons (Fsp3) is 0.200. The Balaban J connectivity index is 1.22. The lowest BCUT2D eigenvalue weighted by Gasteiger charge is -2.14. The summed E-state index contributed by atoms with van der Waals surface area (Å²) >= 11 is 0. The van der Waals surface area contributed by atoms with Crippen LogP contribution in [0.4, 0.5) is 13.2 Å². The molecule has 226 valence electrons. The van der Waals surface area contributed by atoms with E-state index in [1.165, 1.54) is 12.1 Å². The molecule has 0 amide bonds. The van der Waals surface area contributed by atoms with E-state index in [0.717, 1.165) is 40.1 Å². The normalized spacial score (nSPS) is 11.4. The number of oxazole rings is 1. The number of benzene rings is 4. The maximum absolute atomic E-state index is 12.9. The third-order valence-corrected chi connectivity index (χ3v) is 7.10. The highest BCUT2D eigenvalue weighted by Gasteiger charge is 2.30. The Labute approximate surface area is 252 Å². The summed E-state index contributed by atoms with van der Waals surface area (Å²) < 4.78 is 56.3. The molecule has 5 rings (SSSR count). The second kappa shape index (κ2) is 13.5. The number of halogens is 3. The number of alkyl halides is 3. The van der Waals surface area contributed by atoms with Crippen molar-refractivity contribution >= 4 is 5.97 Å². The molecule has 1 aromatic heterocycles. The minimum Gasteiger partial charge on any atom is -0.493 e. The number of aryl methyl sites for hydroxylation is 2. The molecule has 0 aliphatic heterocycles. The summed E-state index contributed by atoms with van der Waals surface area (Å²) in [6, 6.07) is 27.8. The Morgan fingerprint density at radius 3 is 2.14 bits per heavy atom. The van der Waals surface area contributed by atoms with Gasteiger partial charge >= 0.3 is 12.1 Å². The van der Waals surface area contributed by atoms with Gasteiger partial charge in [0.15, 0.2) is 0 Å². The molecule has 1 N–H and O–H groups in total. The van der Waals surface area contributed by atoms with E-state index in [2.05, 4.69) is 17.1 Å². The highest BCUT2D eigenvalue weighted by molar-refractivity contribution is 5.68. The van der Waals surface area contributed by atoms with E-state index in [1.807, 2.05) is 49.4 Å². The summed E-state index contributed by atoms with van der Waals surface area (Å²) in [6.07, 6.45) is -3.74. The number of aliphatic carboxylic acids is 1. The van der Waals surface area contributed by atoms with Crippen LogP contribution in [0.5, 0.6) is 11.5 Å². The fourth-order valence-corrected chi connectivity index (χ4v) is 4.70. The highest BCUT2D eigenvalue weighted by atomic mass is 19.4. The van der Waals surface area contributed by atoms with Crippen molar-refractivity contribution in [1.82, 2.24) is 4.98 Å². The van der Waals surface area contributed by atoms with Gasteiger partial charge in [-0.2, -0.15) is 13.2 Å². The fourth-order valence-electron chi connectivity index (χ4n) is 4.70. The maximum atomic E-state index is 12.9. The van der Waals surface area contributed by atoms with Crippen molar-refractivity contribution in [2.24, 2.45) is 0 Å². The van der Waals surface area contributed by atoms with Gasteiger partial charge in [-0.3, -0.25) is 4.79 Å². The van der Waals surface area contributed by atoms with Gasteiger partial charge in [-0.05, 0) is 84.1 Å². The van der Waals surface area contributed by atoms with Gasteiger partial charge in [-0.25, -0.2) is 4.98 Å². The summed E-state index contributed by atoms with van der Waals surface area (Å²) in [7, 11) is 0. The molecule has 4 aromatic carbocycles. The van der Waals surface area contributed by atoms with Gasteiger partial charge < -0.3 is 19.0 Å². The van der Waals surface area contributed by atoms with Gasteiger partial charge in [0.25, 0.3) is 0 Å². The molecule has 0 fully saturated rings. The van der Waals surface area contributed by atoms with Crippen LogP contribution in [-0.2, 0) is 30.4 Å². The highest BCUT2D eigenvalue weighted by Crippen LogP contribution is 2.31. The van der Waals surface area contributed by atoms with Gasteiger partial charge in [0.2, 0.25) is 5.89 Å². The summed E-state index contributed by atoms with van der Waals surface area (Å²) in [5.41, 5.74) is 4.54. The maximum Gasteiger partial charge on any atom is 0.416 e. The van der Waals surface area contributed by atoms with Crippen molar-refractivity contribution in [2.75, 3.05) is 6.61 Å².